The summed E-state index contributed by atoms with van der Waals surface area (Å²) in [7, 11) is 1.93. The van der Waals surface area contributed by atoms with Gasteiger partial charge in [0, 0.05) is 26.3 Å². The second-order valence-electron chi connectivity index (χ2n) is 6.41. The van der Waals surface area contributed by atoms with Crippen molar-refractivity contribution < 1.29 is 4.79 Å². The van der Waals surface area contributed by atoms with E-state index >= 15 is 0 Å². The number of rotatable bonds is 4. The molecule has 1 aliphatic rings. The van der Waals surface area contributed by atoms with E-state index < -0.39 is 0 Å². The summed E-state index contributed by atoms with van der Waals surface area (Å²) in [6.45, 7) is 3.68. The Morgan fingerprint density at radius 1 is 1.39 bits per heavy atom. The molecule has 1 aromatic carbocycles. The van der Waals surface area contributed by atoms with Crippen LogP contribution in [0.5, 0.6) is 0 Å². The van der Waals surface area contributed by atoms with Crippen LogP contribution in [0.3, 0.4) is 0 Å². The van der Waals surface area contributed by atoms with Crippen LogP contribution in [0.2, 0.25) is 0 Å². The summed E-state index contributed by atoms with van der Waals surface area (Å²) in [6.07, 6.45) is 6.02. The molecule has 23 heavy (non-hydrogen) atoms. The van der Waals surface area contributed by atoms with Crippen LogP contribution >= 0.6 is 0 Å². The highest BCUT2D eigenvalue weighted by molar-refractivity contribution is 5.75. The summed E-state index contributed by atoms with van der Waals surface area (Å²) < 4.78 is 1.83. The monoisotopic (exact) mass is 312 g/mol. The second kappa shape index (κ2) is 6.86. The molecule has 1 saturated heterocycles. The van der Waals surface area contributed by atoms with E-state index in [9.17, 15) is 4.79 Å². The lowest BCUT2D eigenvalue weighted by atomic mass is 10.0. The van der Waals surface area contributed by atoms with Gasteiger partial charge < -0.3 is 10.2 Å². The highest BCUT2D eigenvalue weighted by Gasteiger charge is 2.27. The Bertz CT molecular complexity index is 652. The van der Waals surface area contributed by atoms with Crippen LogP contribution in [0.15, 0.2) is 42.7 Å². The fraction of sp³-hybridized carbons (Fsp3) is 0.444. The zero-order chi connectivity index (χ0) is 16.2. The molecule has 3 rings (SSSR count). The van der Waals surface area contributed by atoms with Gasteiger partial charge in [-0.2, -0.15) is 5.10 Å². The van der Waals surface area contributed by atoms with Gasteiger partial charge in [-0.15, -0.1) is 0 Å². The molecule has 1 fully saturated rings. The molecule has 0 spiro atoms. The number of aromatic nitrogens is 2. The minimum Gasteiger partial charge on any atom is -0.331 e. The van der Waals surface area contributed by atoms with Crippen molar-refractivity contribution in [2.75, 3.05) is 13.1 Å². The quantitative estimate of drug-likeness (QED) is 0.944. The molecule has 0 aliphatic carbocycles. The van der Waals surface area contributed by atoms with Crippen LogP contribution in [0.4, 0.5) is 4.79 Å². The van der Waals surface area contributed by atoms with Crippen molar-refractivity contribution in [2.45, 2.75) is 25.8 Å². The maximum atomic E-state index is 12.4. The van der Waals surface area contributed by atoms with E-state index in [1.807, 2.05) is 60.1 Å². The first-order valence-corrected chi connectivity index (χ1v) is 8.19. The maximum absolute atomic E-state index is 12.4. The minimum absolute atomic E-state index is 0.0288. The molecule has 0 radical (unpaired) electrons. The van der Waals surface area contributed by atoms with Gasteiger partial charge in [0.05, 0.1) is 12.2 Å². The molecule has 5 nitrogen and oxygen atoms in total. The van der Waals surface area contributed by atoms with Crippen molar-refractivity contribution in [3.8, 4) is 0 Å². The van der Waals surface area contributed by atoms with Gasteiger partial charge in [0.15, 0.2) is 0 Å². The van der Waals surface area contributed by atoms with Crippen LogP contribution in [0, 0.1) is 5.92 Å². The third-order valence-corrected chi connectivity index (χ3v) is 4.50. The Balaban J connectivity index is 1.51. The van der Waals surface area contributed by atoms with Gasteiger partial charge in [0.25, 0.3) is 0 Å². The smallest absolute Gasteiger partial charge is 0.317 e. The fourth-order valence-corrected chi connectivity index (χ4v) is 3.20. The molecule has 2 unspecified atom stereocenters. The molecular formula is C18H24N4O. The average Bonchev–Trinajstić information content (AvgIpc) is 3.18. The maximum Gasteiger partial charge on any atom is 0.317 e. The van der Waals surface area contributed by atoms with Gasteiger partial charge in [0.2, 0.25) is 0 Å². The Hall–Kier alpha value is -2.30. The van der Waals surface area contributed by atoms with E-state index in [0.29, 0.717) is 5.92 Å². The van der Waals surface area contributed by atoms with Crippen LogP contribution in [-0.2, 0) is 13.5 Å². The normalized spacial score (nSPS) is 18.9. The molecule has 5 heteroatoms. The van der Waals surface area contributed by atoms with Crippen LogP contribution in [0.1, 0.15) is 30.5 Å². The summed E-state index contributed by atoms with van der Waals surface area (Å²) in [5, 5.41) is 7.31. The Morgan fingerprint density at radius 2 is 2.17 bits per heavy atom. The summed E-state index contributed by atoms with van der Waals surface area (Å²) >= 11 is 0. The zero-order valence-corrected chi connectivity index (χ0v) is 13.8. The number of likely N-dealkylation sites (tertiary alicyclic amines) is 1. The van der Waals surface area contributed by atoms with Crippen molar-refractivity contribution in [1.29, 1.82) is 0 Å². The predicted octanol–water partition coefficient (Wildman–Crippen LogP) is 2.76. The third-order valence-electron chi connectivity index (χ3n) is 4.50. The summed E-state index contributed by atoms with van der Waals surface area (Å²) in [6, 6.07) is 10.1. The second-order valence-corrected chi connectivity index (χ2v) is 6.41. The molecule has 1 aliphatic heterocycles. The van der Waals surface area contributed by atoms with E-state index in [0.717, 1.165) is 31.5 Å². The van der Waals surface area contributed by atoms with E-state index in [1.54, 1.807) is 0 Å². The van der Waals surface area contributed by atoms with Crippen molar-refractivity contribution in [1.82, 2.24) is 20.0 Å². The lowest BCUT2D eigenvalue weighted by molar-refractivity contribution is 0.203. The summed E-state index contributed by atoms with van der Waals surface area (Å²) in [5.74, 6) is 0.525. The van der Waals surface area contributed by atoms with E-state index in [1.165, 1.54) is 5.56 Å². The lowest BCUT2D eigenvalue weighted by Gasteiger charge is -2.21. The number of urea groups is 1. The van der Waals surface area contributed by atoms with Crippen molar-refractivity contribution in [3.63, 3.8) is 0 Å². The van der Waals surface area contributed by atoms with E-state index in [-0.39, 0.29) is 12.1 Å². The van der Waals surface area contributed by atoms with Gasteiger partial charge in [-0.1, -0.05) is 30.3 Å². The zero-order valence-electron chi connectivity index (χ0n) is 13.8. The molecule has 2 amide bonds. The number of hydrogen-bond donors (Lipinski definition) is 1. The molecule has 2 heterocycles. The lowest BCUT2D eigenvalue weighted by Crippen LogP contribution is -2.39. The number of aryl methyl sites for hydroxylation is 1. The Morgan fingerprint density at radius 3 is 2.87 bits per heavy atom. The standard InChI is InChI=1S/C18H24N4O/c1-14(17-6-4-3-5-7-17)20-18(23)22-9-8-15(13-22)10-16-11-19-21(2)12-16/h3-7,11-12,14-15H,8-10,13H2,1-2H3,(H,20,23). The number of amides is 2. The predicted molar refractivity (Wildman–Crippen MR) is 90.0 cm³/mol. The number of nitrogens with one attached hydrogen (secondary N) is 1. The SMILES string of the molecule is CC(NC(=O)N1CCC(Cc2cnn(C)c2)C1)c1ccccc1. The molecule has 0 saturated carbocycles. The molecule has 2 atom stereocenters. The minimum atomic E-state index is 0.0288. The summed E-state index contributed by atoms with van der Waals surface area (Å²) in [4.78, 5) is 14.4. The van der Waals surface area contributed by atoms with Crippen LogP contribution < -0.4 is 5.32 Å². The van der Waals surface area contributed by atoms with E-state index in [4.69, 9.17) is 0 Å². The molecule has 122 valence electrons. The molecule has 2 aromatic rings. The van der Waals surface area contributed by atoms with Gasteiger partial charge in [-0.25, -0.2) is 4.79 Å². The van der Waals surface area contributed by atoms with Crippen LogP contribution in [0.25, 0.3) is 0 Å². The number of nitrogens with zero attached hydrogens (tertiary/aromatic N) is 3. The number of carbonyl (C=O) groups excluding carboxylic acids is 1. The third kappa shape index (κ3) is 3.92. The number of benzene rings is 1. The first kappa shape index (κ1) is 15.6. The molecule has 1 N–H and O–H groups in total. The van der Waals surface area contributed by atoms with E-state index in [2.05, 4.69) is 16.6 Å². The van der Waals surface area contributed by atoms with Crippen molar-refractivity contribution in [3.05, 3.63) is 53.9 Å². The molecular weight excluding hydrogens is 288 g/mol. The summed E-state index contributed by atoms with van der Waals surface area (Å²) in [5.41, 5.74) is 2.38. The largest absolute Gasteiger partial charge is 0.331 e. The first-order valence-electron chi connectivity index (χ1n) is 8.19. The number of hydrogen-bond acceptors (Lipinski definition) is 2. The first-order chi connectivity index (χ1) is 11.1. The fourth-order valence-electron chi connectivity index (χ4n) is 3.20. The van der Waals surface area contributed by atoms with Crippen molar-refractivity contribution >= 4 is 6.03 Å². The Labute approximate surface area is 137 Å². The van der Waals surface area contributed by atoms with Gasteiger partial charge >= 0.3 is 6.03 Å². The number of carbonyl (C=O) groups is 1. The topological polar surface area (TPSA) is 50.2 Å². The van der Waals surface area contributed by atoms with Gasteiger partial charge in [-0.05, 0) is 36.8 Å². The Kier molecular flexibility index (Phi) is 4.65. The van der Waals surface area contributed by atoms with Gasteiger partial charge in [-0.3, -0.25) is 4.68 Å². The van der Waals surface area contributed by atoms with Gasteiger partial charge in [0.1, 0.15) is 0 Å². The van der Waals surface area contributed by atoms with Crippen LogP contribution in [-0.4, -0.2) is 33.8 Å². The highest BCUT2D eigenvalue weighted by Crippen LogP contribution is 2.21. The highest BCUT2D eigenvalue weighted by atomic mass is 16.2. The molecule has 1 aromatic heterocycles. The average molecular weight is 312 g/mol. The molecule has 0 bridgehead atoms. The van der Waals surface area contributed by atoms with Crippen molar-refractivity contribution in [2.24, 2.45) is 13.0 Å².